The van der Waals surface area contributed by atoms with E-state index in [1.807, 2.05) is 36.4 Å². The Morgan fingerprint density at radius 3 is 2.62 bits per heavy atom. The van der Waals surface area contributed by atoms with Crippen molar-refractivity contribution >= 4 is 25.1 Å². The third kappa shape index (κ3) is 6.07. The van der Waals surface area contributed by atoms with Gasteiger partial charge in [0.1, 0.15) is 23.7 Å². The van der Waals surface area contributed by atoms with Gasteiger partial charge in [0.2, 0.25) is 0 Å². The molecule has 2 heterocycles. The number of nitrogens with zero attached hydrogens (tertiary/aromatic N) is 3. The number of hydrogen-bond donors (Lipinski definition) is 3. The van der Waals surface area contributed by atoms with Crippen LogP contribution in [0.3, 0.4) is 0 Å². The highest BCUT2D eigenvalue weighted by Crippen LogP contribution is 2.26. The molecule has 154 valence electrons. The van der Waals surface area contributed by atoms with Gasteiger partial charge in [-0.3, -0.25) is 0 Å². The van der Waals surface area contributed by atoms with Crippen molar-refractivity contribution in [3.05, 3.63) is 60.6 Å². The number of ether oxygens (including phenoxy) is 1. The van der Waals surface area contributed by atoms with Crippen LogP contribution in [0.2, 0.25) is 0 Å². The first kappa shape index (κ1) is 22.4. The minimum absolute atomic E-state index is 0. The lowest BCUT2D eigenvalue weighted by Crippen LogP contribution is -2.12. The van der Waals surface area contributed by atoms with Crippen LogP contribution in [-0.4, -0.2) is 46.9 Å². The fourth-order valence-electron chi connectivity index (χ4n) is 2.92. The minimum Gasteiger partial charge on any atom is -0.496 e. The van der Waals surface area contributed by atoms with E-state index in [-0.39, 0.29) is 26.0 Å². The summed E-state index contributed by atoms with van der Waals surface area (Å²) >= 11 is 0. The standard InChI is InChI=1S/C21H25N5O2.H2S/c1-15(17-5-3-4-6-19(17)28-2)13-24-21-12-18(25-14-26-21)16-7-8-22-20(11-16)23-9-10-27;/h3-8,11-12,14-15,27H,9-10,13H2,1-2H3,(H,22,23)(H,24,25,26);1H2/t15-;/m1./s1. The molecule has 0 radical (unpaired) electrons. The van der Waals surface area contributed by atoms with E-state index >= 15 is 0 Å². The summed E-state index contributed by atoms with van der Waals surface area (Å²) in [6, 6.07) is 13.8. The van der Waals surface area contributed by atoms with Gasteiger partial charge < -0.3 is 20.5 Å². The van der Waals surface area contributed by atoms with Crippen LogP contribution in [0.25, 0.3) is 11.3 Å². The maximum Gasteiger partial charge on any atom is 0.129 e. The molecule has 2 aromatic heterocycles. The third-order valence-corrected chi connectivity index (χ3v) is 4.40. The summed E-state index contributed by atoms with van der Waals surface area (Å²) in [5, 5.41) is 15.4. The summed E-state index contributed by atoms with van der Waals surface area (Å²) < 4.78 is 5.45. The second-order valence-electron chi connectivity index (χ2n) is 6.39. The van der Waals surface area contributed by atoms with E-state index in [9.17, 15) is 0 Å². The molecule has 7 nitrogen and oxygen atoms in total. The number of aliphatic hydroxyl groups excluding tert-OH is 1. The van der Waals surface area contributed by atoms with Crippen molar-refractivity contribution in [2.45, 2.75) is 12.8 Å². The molecule has 0 unspecified atom stereocenters. The van der Waals surface area contributed by atoms with E-state index in [1.165, 1.54) is 0 Å². The number of anilines is 2. The maximum atomic E-state index is 8.94. The fraction of sp³-hybridized carbons (Fsp3) is 0.286. The Bertz CT molecular complexity index is 909. The summed E-state index contributed by atoms with van der Waals surface area (Å²) in [5.74, 6) is 2.60. The molecule has 0 aliphatic heterocycles. The highest BCUT2D eigenvalue weighted by atomic mass is 32.1. The van der Waals surface area contributed by atoms with E-state index in [4.69, 9.17) is 9.84 Å². The molecule has 1 atom stereocenters. The molecular weight excluding hydrogens is 386 g/mol. The average molecular weight is 414 g/mol. The van der Waals surface area contributed by atoms with Gasteiger partial charge in [0.25, 0.3) is 0 Å². The first-order valence-electron chi connectivity index (χ1n) is 9.21. The number of aliphatic hydroxyl groups is 1. The molecule has 3 aromatic rings. The number of para-hydroxylation sites is 1. The lowest BCUT2D eigenvalue weighted by atomic mass is 10.00. The number of pyridine rings is 1. The Morgan fingerprint density at radius 2 is 1.83 bits per heavy atom. The van der Waals surface area contributed by atoms with E-state index in [0.717, 1.165) is 34.9 Å². The van der Waals surface area contributed by atoms with Crippen LogP contribution >= 0.6 is 13.5 Å². The van der Waals surface area contributed by atoms with Crippen molar-refractivity contribution < 1.29 is 9.84 Å². The van der Waals surface area contributed by atoms with Crippen molar-refractivity contribution in [3.63, 3.8) is 0 Å². The van der Waals surface area contributed by atoms with Crippen molar-refractivity contribution in [2.24, 2.45) is 0 Å². The lowest BCUT2D eigenvalue weighted by molar-refractivity contribution is 0.311. The zero-order valence-electron chi connectivity index (χ0n) is 16.6. The average Bonchev–Trinajstić information content (AvgIpc) is 2.76. The van der Waals surface area contributed by atoms with Crippen molar-refractivity contribution in [3.8, 4) is 17.0 Å². The molecule has 0 aliphatic rings. The molecular formula is C21H27N5O2S. The van der Waals surface area contributed by atoms with Gasteiger partial charge in [0.15, 0.2) is 0 Å². The molecule has 0 spiro atoms. The number of benzene rings is 1. The minimum atomic E-state index is 0. The number of hydrogen-bond acceptors (Lipinski definition) is 7. The second-order valence-corrected chi connectivity index (χ2v) is 6.39. The molecule has 29 heavy (non-hydrogen) atoms. The van der Waals surface area contributed by atoms with E-state index in [2.05, 4.69) is 38.6 Å². The maximum absolute atomic E-state index is 8.94. The van der Waals surface area contributed by atoms with E-state index in [1.54, 1.807) is 19.6 Å². The number of aromatic nitrogens is 3. The van der Waals surface area contributed by atoms with Gasteiger partial charge in [-0.05, 0) is 23.8 Å². The van der Waals surface area contributed by atoms with Gasteiger partial charge in [-0.25, -0.2) is 15.0 Å². The molecule has 3 N–H and O–H groups in total. The lowest BCUT2D eigenvalue weighted by Gasteiger charge is -2.16. The molecule has 0 saturated heterocycles. The SMILES string of the molecule is COc1ccccc1[C@H](C)CNc1cc(-c2ccnc(NCCO)c2)ncn1.S. The highest BCUT2D eigenvalue weighted by molar-refractivity contribution is 7.59. The quantitative estimate of drug-likeness (QED) is 0.496. The predicted molar refractivity (Wildman–Crippen MR) is 121 cm³/mol. The van der Waals surface area contributed by atoms with Crippen LogP contribution in [0.15, 0.2) is 55.0 Å². The Hall–Kier alpha value is -2.84. The Balaban J connectivity index is 0.00000300. The molecule has 0 saturated carbocycles. The van der Waals surface area contributed by atoms with Crippen LogP contribution in [0.5, 0.6) is 5.75 Å². The molecule has 0 amide bonds. The fourth-order valence-corrected chi connectivity index (χ4v) is 2.92. The monoisotopic (exact) mass is 413 g/mol. The Labute approximate surface area is 178 Å². The van der Waals surface area contributed by atoms with Crippen LogP contribution in [-0.2, 0) is 0 Å². The first-order chi connectivity index (χ1) is 13.7. The Morgan fingerprint density at radius 1 is 1.03 bits per heavy atom. The van der Waals surface area contributed by atoms with Crippen LogP contribution in [0.4, 0.5) is 11.6 Å². The largest absolute Gasteiger partial charge is 0.496 e. The summed E-state index contributed by atoms with van der Waals surface area (Å²) in [6.45, 7) is 3.37. The second kappa shape index (κ2) is 11.2. The van der Waals surface area contributed by atoms with E-state index in [0.29, 0.717) is 12.4 Å². The third-order valence-electron chi connectivity index (χ3n) is 4.40. The molecule has 0 bridgehead atoms. The van der Waals surface area contributed by atoms with Crippen molar-refractivity contribution in [1.29, 1.82) is 0 Å². The van der Waals surface area contributed by atoms with E-state index < -0.39 is 0 Å². The normalized spacial score (nSPS) is 11.3. The summed E-state index contributed by atoms with van der Waals surface area (Å²) in [7, 11) is 1.69. The molecule has 8 heteroatoms. The van der Waals surface area contributed by atoms with Gasteiger partial charge in [-0.2, -0.15) is 13.5 Å². The molecule has 0 aliphatic carbocycles. The zero-order chi connectivity index (χ0) is 19.8. The highest BCUT2D eigenvalue weighted by Gasteiger charge is 2.11. The number of methoxy groups -OCH3 is 1. The van der Waals surface area contributed by atoms with Crippen LogP contribution in [0, 0.1) is 0 Å². The summed E-state index contributed by atoms with van der Waals surface area (Å²) in [5.41, 5.74) is 2.89. The Kier molecular flexibility index (Phi) is 8.69. The molecule has 1 aromatic carbocycles. The summed E-state index contributed by atoms with van der Waals surface area (Å²) in [6.07, 6.45) is 3.26. The number of nitrogens with one attached hydrogen (secondary N) is 2. The van der Waals surface area contributed by atoms with Gasteiger partial charge >= 0.3 is 0 Å². The smallest absolute Gasteiger partial charge is 0.129 e. The van der Waals surface area contributed by atoms with Crippen LogP contribution < -0.4 is 15.4 Å². The van der Waals surface area contributed by atoms with Gasteiger partial charge in [0, 0.05) is 36.8 Å². The molecule has 0 fully saturated rings. The predicted octanol–water partition coefficient (Wildman–Crippen LogP) is 3.28. The van der Waals surface area contributed by atoms with Gasteiger partial charge in [-0.1, -0.05) is 25.1 Å². The van der Waals surface area contributed by atoms with Crippen molar-refractivity contribution in [1.82, 2.24) is 15.0 Å². The molecule has 3 rings (SSSR count). The van der Waals surface area contributed by atoms with Gasteiger partial charge in [0.05, 0.1) is 19.4 Å². The van der Waals surface area contributed by atoms with Crippen LogP contribution in [0.1, 0.15) is 18.4 Å². The van der Waals surface area contributed by atoms with Gasteiger partial charge in [-0.15, -0.1) is 0 Å². The van der Waals surface area contributed by atoms with Crippen molar-refractivity contribution in [2.75, 3.05) is 37.4 Å². The zero-order valence-corrected chi connectivity index (χ0v) is 17.6. The number of rotatable bonds is 9. The summed E-state index contributed by atoms with van der Waals surface area (Å²) in [4.78, 5) is 12.9. The first-order valence-corrected chi connectivity index (χ1v) is 9.21. The topological polar surface area (TPSA) is 92.2 Å².